The Labute approximate surface area is 123 Å². The maximum atomic E-state index is 10.7. The van der Waals surface area contributed by atoms with Gasteiger partial charge >= 0.3 is 5.97 Å². The summed E-state index contributed by atoms with van der Waals surface area (Å²) in [5.74, 6) is -0.241. The quantitative estimate of drug-likeness (QED) is 0.421. The number of carbonyl (C=O) groups excluding carboxylic acids is 1. The first-order valence-electron chi connectivity index (χ1n) is 7.06. The van der Waals surface area contributed by atoms with Crippen molar-refractivity contribution in [3.05, 3.63) is 11.1 Å². The van der Waals surface area contributed by atoms with Crippen LogP contribution in [0.3, 0.4) is 0 Å². The number of hydrogen-bond acceptors (Lipinski definition) is 4. The molecule has 0 aromatic rings. The summed E-state index contributed by atoms with van der Waals surface area (Å²) in [5, 5.41) is 0. The van der Waals surface area contributed by atoms with Gasteiger partial charge in [0.15, 0.2) is 0 Å². The van der Waals surface area contributed by atoms with Crippen LogP contribution in [0.15, 0.2) is 11.1 Å². The van der Waals surface area contributed by atoms with Crippen LogP contribution in [0.2, 0.25) is 0 Å². The van der Waals surface area contributed by atoms with Crippen LogP contribution in [0.1, 0.15) is 48.5 Å². The predicted octanol–water partition coefficient (Wildman–Crippen LogP) is 3.35. The summed E-state index contributed by atoms with van der Waals surface area (Å²) in [5.41, 5.74) is 2.19. The summed E-state index contributed by atoms with van der Waals surface area (Å²) in [6.45, 7) is 16.0. The summed E-state index contributed by atoms with van der Waals surface area (Å²) in [4.78, 5) is 10.7. The lowest BCUT2D eigenvalue weighted by atomic mass is 9.92. The van der Waals surface area contributed by atoms with E-state index in [2.05, 4.69) is 32.4 Å². The summed E-state index contributed by atoms with van der Waals surface area (Å²) in [6, 6.07) is 0. The second-order valence-electron chi connectivity index (χ2n) is 6.32. The van der Waals surface area contributed by atoms with Gasteiger partial charge in [0.1, 0.15) is 0 Å². The number of allylic oxidation sites excluding steroid dienone is 1. The number of methoxy groups -OCH3 is 1. The van der Waals surface area contributed by atoms with Crippen molar-refractivity contribution < 1.29 is 19.0 Å². The van der Waals surface area contributed by atoms with E-state index in [1.807, 2.05) is 13.8 Å². The maximum Gasteiger partial charge on any atom is 0.333 e. The number of epoxide rings is 1. The summed E-state index contributed by atoms with van der Waals surface area (Å²) in [7, 11) is 1.38. The van der Waals surface area contributed by atoms with Gasteiger partial charge in [0.25, 0.3) is 0 Å². The Morgan fingerprint density at radius 2 is 1.45 bits per heavy atom. The van der Waals surface area contributed by atoms with E-state index in [4.69, 9.17) is 9.47 Å². The molecule has 118 valence electrons. The van der Waals surface area contributed by atoms with Crippen LogP contribution in [0.25, 0.3) is 0 Å². The molecular formula is C16H30O4. The molecule has 0 radical (unpaired) electrons. The summed E-state index contributed by atoms with van der Waals surface area (Å²) < 4.78 is 14.3. The highest BCUT2D eigenvalue weighted by molar-refractivity contribution is 5.88. The highest BCUT2D eigenvalue weighted by Crippen LogP contribution is 2.24. The average Bonchev–Trinajstić information content (AvgIpc) is 3.00. The van der Waals surface area contributed by atoms with Gasteiger partial charge in [-0.25, -0.2) is 4.79 Å². The minimum Gasteiger partial charge on any atom is -0.466 e. The first kappa shape index (κ1) is 19.1. The molecule has 0 N–H and O–H groups in total. The Hall–Kier alpha value is -0.870. The topological polar surface area (TPSA) is 48.1 Å². The Kier molecular flexibility index (Phi) is 8.06. The molecule has 2 rings (SSSR count). The first-order chi connectivity index (χ1) is 9.10. The molecule has 0 aliphatic carbocycles. The fraction of sp³-hybridized carbons (Fsp3) is 0.812. The molecule has 20 heavy (non-hydrogen) atoms. The Balaban J connectivity index is 0.000000283. The Morgan fingerprint density at radius 3 is 1.50 bits per heavy atom. The van der Waals surface area contributed by atoms with Gasteiger partial charge in [-0.05, 0) is 34.6 Å². The lowest BCUT2D eigenvalue weighted by Crippen LogP contribution is -2.36. The van der Waals surface area contributed by atoms with E-state index < -0.39 is 0 Å². The number of ether oxygens (including phenoxy) is 3. The molecule has 2 aliphatic heterocycles. The lowest BCUT2D eigenvalue weighted by Gasteiger charge is -2.33. The number of rotatable bonds is 1. The van der Waals surface area contributed by atoms with Gasteiger partial charge in [-0.2, -0.15) is 0 Å². The third-order valence-electron chi connectivity index (χ3n) is 3.24. The third kappa shape index (κ3) is 8.33. The number of hydrogen-bond donors (Lipinski definition) is 0. The van der Waals surface area contributed by atoms with Crippen LogP contribution < -0.4 is 0 Å². The van der Waals surface area contributed by atoms with Crippen LogP contribution in [-0.4, -0.2) is 38.5 Å². The van der Waals surface area contributed by atoms with Gasteiger partial charge < -0.3 is 14.2 Å². The largest absolute Gasteiger partial charge is 0.466 e. The normalized spacial score (nSPS) is 24.8. The standard InChI is InChI=1S/C7H12O2.C5H10O.C4H8O/c1-5(2)6(3)7(8)9-4;1-5(2)3-6-4-5;1-3-4(2)5-3/h1-4H3;3-4H2,1-2H3;3-4H,1-2H3. The van der Waals surface area contributed by atoms with E-state index in [1.54, 1.807) is 6.92 Å². The molecule has 2 fully saturated rings. The van der Waals surface area contributed by atoms with E-state index >= 15 is 0 Å². The maximum absolute atomic E-state index is 10.7. The Morgan fingerprint density at radius 1 is 1.10 bits per heavy atom. The molecule has 4 nitrogen and oxygen atoms in total. The number of esters is 1. The molecule has 0 amide bonds. The zero-order chi connectivity index (χ0) is 15.9. The van der Waals surface area contributed by atoms with Gasteiger partial charge in [-0.3, -0.25) is 0 Å². The van der Waals surface area contributed by atoms with E-state index in [-0.39, 0.29) is 5.97 Å². The van der Waals surface area contributed by atoms with Crippen LogP contribution >= 0.6 is 0 Å². The van der Waals surface area contributed by atoms with Crippen molar-refractivity contribution in [3.8, 4) is 0 Å². The van der Waals surface area contributed by atoms with E-state index in [0.717, 1.165) is 18.8 Å². The first-order valence-corrected chi connectivity index (χ1v) is 7.06. The molecule has 4 heteroatoms. The van der Waals surface area contributed by atoms with Gasteiger partial charge in [-0.15, -0.1) is 0 Å². The van der Waals surface area contributed by atoms with Gasteiger partial charge in [0, 0.05) is 11.0 Å². The average molecular weight is 286 g/mol. The van der Waals surface area contributed by atoms with Crippen molar-refractivity contribution in [2.75, 3.05) is 20.3 Å². The van der Waals surface area contributed by atoms with Crippen molar-refractivity contribution in [2.24, 2.45) is 5.41 Å². The molecule has 2 saturated heterocycles. The molecule has 2 heterocycles. The lowest BCUT2D eigenvalue weighted by molar-refractivity contribution is -0.136. The van der Waals surface area contributed by atoms with Crippen molar-refractivity contribution in [1.82, 2.24) is 0 Å². The van der Waals surface area contributed by atoms with Crippen molar-refractivity contribution >= 4 is 5.97 Å². The molecular weight excluding hydrogens is 256 g/mol. The molecule has 0 aromatic carbocycles. The van der Waals surface area contributed by atoms with Crippen LogP contribution in [0, 0.1) is 5.41 Å². The van der Waals surface area contributed by atoms with Crippen LogP contribution in [0.4, 0.5) is 0 Å². The predicted molar refractivity (Wildman–Crippen MR) is 80.7 cm³/mol. The summed E-state index contributed by atoms with van der Waals surface area (Å²) in [6.07, 6.45) is 1.10. The molecule has 0 aromatic heterocycles. The highest BCUT2D eigenvalue weighted by Gasteiger charge is 2.27. The van der Waals surface area contributed by atoms with Crippen LogP contribution in [0.5, 0.6) is 0 Å². The van der Waals surface area contributed by atoms with Gasteiger partial charge in [0.2, 0.25) is 0 Å². The fourth-order valence-corrected chi connectivity index (χ4v) is 1.16. The zero-order valence-electron chi connectivity index (χ0n) is 14.2. The van der Waals surface area contributed by atoms with E-state index in [9.17, 15) is 4.79 Å². The van der Waals surface area contributed by atoms with Crippen molar-refractivity contribution in [1.29, 1.82) is 0 Å². The second kappa shape index (κ2) is 8.42. The van der Waals surface area contributed by atoms with E-state index in [0.29, 0.717) is 23.2 Å². The van der Waals surface area contributed by atoms with E-state index in [1.165, 1.54) is 7.11 Å². The second-order valence-corrected chi connectivity index (χ2v) is 6.32. The molecule has 0 bridgehead atoms. The SMILES string of the molecule is CC1(C)COC1.CC1OC1C.COC(=O)C(C)=C(C)C. The molecule has 2 atom stereocenters. The number of carbonyl (C=O) groups is 1. The minimum absolute atomic E-state index is 0.241. The van der Waals surface area contributed by atoms with Crippen LogP contribution in [-0.2, 0) is 19.0 Å². The monoisotopic (exact) mass is 286 g/mol. The third-order valence-corrected chi connectivity index (χ3v) is 3.24. The zero-order valence-corrected chi connectivity index (χ0v) is 14.2. The van der Waals surface area contributed by atoms with Gasteiger partial charge in [-0.1, -0.05) is 19.4 Å². The fourth-order valence-electron chi connectivity index (χ4n) is 1.16. The smallest absolute Gasteiger partial charge is 0.333 e. The van der Waals surface area contributed by atoms with Gasteiger partial charge in [0.05, 0.1) is 32.5 Å². The highest BCUT2D eigenvalue weighted by atomic mass is 16.6. The molecule has 0 saturated carbocycles. The Bertz CT molecular complexity index is 328. The summed E-state index contributed by atoms with van der Waals surface area (Å²) >= 11 is 0. The van der Waals surface area contributed by atoms with Crippen molar-refractivity contribution in [3.63, 3.8) is 0 Å². The minimum atomic E-state index is -0.241. The molecule has 0 spiro atoms. The molecule has 2 unspecified atom stereocenters. The van der Waals surface area contributed by atoms with Crippen molar-refractivity contribution in [2.45, 2.75) is 60.7 Å². The molecule has 2 aliphatic rings.